The SMILES string of the molecule is COc1ccc(N(CC(=O)N(Cc2ccccc2C)[C@@H](Cc2ccccc2)C(=O)NC2CCCC2)S(C)(=O)=O)cc1OC. The molecule has 1 aliphatic rings. The number of carbonyl (C=O) groups excluding carboxylic acids is 2. The first-order valence-electron chi connectivity index (χ1n) is 14.5. The summed E-state index contributed by atoms with van der Waals surface area (Å²) in [5, 5.41) is 3.18. The first-order chi connectivity index (χ1) is 20.6. The molecule has 1 aliphatic carbocycles. The Morgan fingerprint density at radius 3 is 2.21 bits per heavy atom. The molecule has 1 saturated carbocycles. The van der Waals surface area contributed by atoms with Crippen LogP contribution in [-0.4, -0.2) is 64.2 Å². The van der Waals surface area contributed by atoms with E-state index in [1.54, 1.807) is 12.1 Å². The Kier molecular flexibility index (Phi) is 10.7. The van der Waals surface area contributed by atoms with E-state index in [2.05, 4.69) is 5.32 Å². The summed E-state index contributed by atoms with van der Waals surface area (Å²) in [5.74, 6) is 0.0233. The van der Waals surface area contributed by atoms with E-state index in [1.807, 2.05) is 61.5 Å². The third-order valence-corrected chi connectivity index (χ3v) is 9.05. The van der Waals surface area contributed by atoms with Crippen LogP contribution in [0.1, 0.15) is 42.4 Å². The lowest BCUT2D eigenvalue weighted by Crippen LogP contribution is -2.54. The summed E-state index contributed by atoms with van der Waals surface area (Å²) in [7, 11) is -0.961. The largest absolute Gasteiger partial charge is 0.493 e. The van der Waals surface area contributed by atoms with Crippen LogP contribution >= 0.6 is 0 Å². The van der Waals surface area contributed by atoms with Crippen molar-refractivity contribution in [2.24, 2.45) is 0 Å². The number of anilines is 1. The zero-order chi connectivity index (χ0) is 31.0. The van der Waals surface area contributed by atoms with Crippen LogP contribution in [0, 0.1) is 6.92 Å². The second-order valence-corrected chi connectivity index (χ2v) is 12.9. The molecule has 230 valence electrons. The summed E-state index contributed by atoms with van der Waals surface area (Å²) >= 11 is 0. The van der Waals surface area contributed by atoms with Gasteiger partial charge in [0.15, 0.2) is 11.5 Å². The van der Waals surface area contributed by atoms with E-state index in [0.717, 1.165) is 52.9 Å². The number of rotatable bonds is 13. The number of benzene rings is 3. The van der Waals surface area contributed by atoms with Gasteiger partial charge in [0.25, 0.3) is 0 Å². The normalized spacial score (nSPS) is 14.1. The second-order valence-electron chi connectivity index (χ2n) is 11.0. The summed E-state index contributed by atoms with van der Waals surface area (Å²) in [6.07, 6.45) is 5.24. The van der Waals surface area contributed by atoms with Gasteiger partial charge in [-0.05, 0) is 48.6 Å². The minimum Gasteiger partial charge on any atom is -0.493 e. The predicted molar refractivity (Wildman–Crippen MR) is 168 cm³/mol. The molecule has 1 fully saturated rings. The molecule has 10 heteroatoms. The molecule has 1 atom stereocenters. The first kappa shape index (κ1) is 31.9. The monoisotopic (exact) mass is 607 g/mol. The Bertz CT molecular complexity index is 1510. The fourth-order valence-corrected chi connectivity index (χ4v) is 6.33. The number of aryl methyl sites for hydroxylation is 1. The number of hydrogen-bond acceptors (Lipinski definition) is 6. The van der Waals surface area contributed by atoms with Gasteiger partial charge >= 0.3 is 0 Å². The predicted octanol–water partition coefficient (Wildman–Crippen LogP) is 4.48. The third kappa shape index (κ3) is 8.28. The van der Waals surface area contributed by atoms with E-state index in [1.165, 1.54) is 25.2 Å². The molecule has 0 unspecified atom stereocenters. The number of carbonyl (C=O) groups is 2. The maximum absolute atomic E-state index is 14.3. The van der Waals surface area contributed by atoms with Gasteiger partial charge in [0.05, 0.1) is 26.2 Å². The van der Waals surface area contributed by atoms with Crippen LogP contribution in [0.4, 0.5) is 5.69 Å². The van der Waals surface area contributed by atoms with Crippen molar-refractivity contribution < 1.29 is 27.5 Å². The fourth-order valence-electron chi connectivity index (χ4n) is 5.49. The topological polar surface area (TPSA) is 105 Å². The highest BCUT2D eigenvalue weighted by molar-refractivity contribution is 7.92. The van der Waals surface area contributed by atoms with E-state index in [0.29, 0.717) is 11.5 Å². The Balaban J connectivity index is 1.75. The number of ether oxygens (including phenoxy) is 2. The van der Waals surface area contributed by atoms with Gasteiger partial charge in [-0.25, -0.2) is 8.42 Å². The number of nitrogens with one attached hydrogen (secondary N) is 1. The molecule has 0 spiro atoms. The molecule has 4 rings (SSSR count). The number of hydrogen-bond donors (Lipinski definition) is 1. The zero-order valence-electron chi connectivity index (χ0n) is 25.3. The van der Waals surface area contributed by atoms with Crippen molar-refractivity contribution in [1.82, 2.24) is 10.2 Å². The van der Waals surface area contributed by atoms with Crippen molar-refractivity contribution in [2.45, 2.75) is 57.7 Å². The van der Waals surface area contributed by atoms with Crippen LogP contribution in [0.15, 0.2) is 72.8 Å². The van der Waals surface area contributed by atoms with Gasteiger partial charge in [-0.15, -0.1) is 0 Å². The van der Waals surface area contributed by atoms with Gasteiger partial charge in [0.1, 0.15) is 12.6 Å². The number of methoxy groups -OCH3 is 2. The Hall–Kier alpha value is -4.05. The van der Waals surface area contributed by atoms with Crippen molar-refractivity contribution in [3.05, 3.63) is 89.5 Å². The van der Waals surface area contributed by atoms with E-state index >= 15 is 0 Å². The van der Waals surface area contributed by atoms with Gasteiger partial charge in [0, 0.05) is 25.1 Å². The maximum atomic E-state index is 14.3. The number of amides is 2. The standard InChI is InChI=1S/C33H41N3O6S/c1-24-12-8-9-15-26(24)22-35(29(20-25-13-6-5-7-14-25)33(38)34-27-16-10-11-17-27)32(37)23-36(43(4,39)40)28-18-19-30(41-2)31(21-28)42-3/h5-9,12-15,18-19,21,27,29H,10-11,16-17,20,22-23H2,1-4H3,(H,34,38)/t29-/m0/s1. The highest BCUT2D eigenvalue weighted by Gasteiger charge is 2.34. The Morgan fingerprint density at radius 1 is 0.930 bits per heavy atom. The lowest BCUT2D eigenvalue weighted by Gasteiger charge is -2.34. The molecule has 3 aromatic rings. The van der Waals surface area contributed by atoms with Crippen LogP contribution < -0.4 is 19.1 Å². The Morgan fingerprint density at radius 2 is 1.58 bits per heavy atom. The van der Waals surface area contributed by atoms with Crippen molar-refractivity contribution in [2.75, 3.05) is 31.3 Å². The van der Waals surface area contributed by atoms with Gasteiger partial charge < -0.3 is 19.7 Å². The summed E-state index contributed by atoms with van der Waals surface area (Å²) in [4.78, 5) is 29.8. The summed E-state index contributed by atoms with van der Waals surface area (Å²) in [6, 6.07) is 21.1. The average Bonchev–Trinajstić information content (AvgIpc) is 3.51. The third-order valence-electron chi connectivity index (χ3n) is 7.91. The van der Waals surface area contributed by atoms with Gasteiger partial charge in [-0.2, -0.15) is 0 Å². The number of nitrogens with zero attached hydrogens (tertiary/aromatic N) is 2. The van der Waals surface area contributed by atoms with Gasteiger partial charge in [0.2, 0.25) is 21.8 Å². The van der Waals surface area contributed by atoms with E-state index < -0.39 is 28.5 Å². The average molecular weight is 608 g/mol. The van der Waals surface area contributed by atoms with Crippen molar-refractivity contribution >= 4 is 27.5 Å². The Labute approximate surface area is 254 Å². The molecule has 0 bridgehead atoms. The van der Waals surface area contributed by atoms with Crippen molar-refractivity contribution in [1.29, 1.82) is 0 Å². The smallest absolute Gasteiger partial charge is 0.244 e. The molecule has 2 amide bonds. The lowest BCUT2D eigenvalue weighted by molar-refractivity contribution is -0.140. The minimum atomic E-state index is -3.91. The van der Waals surface area contributed by atoms with E-state index in [-0.39, 0.29) is 30.6 Å². The summed E-state index contributed by atoms with van der Waals surface area (Å²) < 4.78 is 37.9. The molecular weight excluding hydrogens is 566 g/mol. The highest BCUT2D eigenvalue weighted by Crippen LogP contribution is 2.32. The molecule has 9 nitrogen and oxygen atoms in total. The molecule has 0 aromatic heterocycles. The maximum Gasteiger partial charge on any atom is 0.244 e. The second kappa shape index (κ2) is 14.4. The van der Waals surface area contributed by atoms with E-state index in [4.69, 9.17) is 9.47 Å². The van der Waals surface area contributed by atoms with Crippen LogP contribution in [0.5, 0.6) is 11.5 Å². The van der Waals surface area contributed by atoms with Gasteiger partial charge in [-0.1, -0.05) is 67.4 Å². The zero-order valence-corrected chi connectivity index (χ0v) is 26.1. The number of sulfonamides is 1. The molecule has 0 heterocycles. The molecular formula is C33H41N3O6S. The van der Waals surface area contributed by atoms with Crippen LogP contribution in [0.3, 0.4) is 0 Å². The van der Waals surface area contributed by atoms with Gasteiger partial charge in [-0.3, -0.25) is 13.9 Å². The van der Waals surface area contributed by atoms with Crippen LogP contribution in [0.2, 0.25) is 0 Å². The minimum absolute atomic E-state index is 0.0560. The van der Waals surface area contributed by atoms with Crippen LogP contribution in [0.25, 0.3) is 0 Å². The van der Waals surface area contributed by atoms with E-state index in [9.17, 15) is 18.0 Å². The molecule has 1 N–H and O–H groups in total. The molecule has 3 aromatic carbocycles. The summed E-state index contributed by atoms with van der Waals surface area (Å²) in [5.41, 5.74) is 2.99. The van der Waals surface area contributed by atoms with Crippen LogP contribution in [-0.2, 0) is 32.6 Å². The molecule has 0 radical (unpaired) electrons. The van der Waals surface area contributed by atoms with Crippen molar-refractivity contribution in [3.63, 3.8) is 0 Å². The van der Waals surface area contributed by atoms with Crippen molar-refractivity contribution in [3.8, 4) is 11.5 Å². The molecule has 0 saturated heterocycles. The fraction of sp³-hybridized carbons (Fsp3) is 0.394. The molecule has 0 aliphatic heterocycles. The molecule has 43 heavy (non-hydrogen) atoms. The first-order valence-corrected chi connectivity index (χ1v) is 16.3. The lowest BCUT2D eigenvalue weighted by atomic mass is 10.0. The summed E-state index contributed by atoms with van der Waals surface area (Å²) in [6.45, 7) is 1.60. The highest BCUT2D eigenvalue weighted by atomic mass is 32.2. The quantitative estimate of drug-likeness (QED) is 0.307.